The van der Waals surface area contributed by atoms with Crippen molar-refractivity contribution in [3.05, 3.63) is 12.3 Å². The SMILES string of the molecule is C=C(C)NOC[N+](C)(CC)CC. The van der Waals surface area contributed by atoms with Crippen molar-refractivity contribution in [2.45, 2.75) is 20.8 Å². The minimum Gasteiger partial charge on any atom is -0.302 e. The topological polar surface area (TPSA) is 21.3 Å². The van der Waals surface area contributed by atoms with Crippen LogP contribution in [0.4, 0.5) is 0 Å². The second-order valence-electron chi connectivity index (χ2n) is 3.41. The van der Waals surface area contributed by atoms with Gasteiger partial charge in [-0.1, -0.05) is 6.58 Å². The molecule has 3 nitrogen and oxygen atoms in total. The first kappa shape index (κ1) is 11.5. The molecule has 0 aromatic carbocycles. The third kappa shape index (κ3) is 4.36. The standard InChI is InChI=1S/C9H21N2O/c1-6-11(5,7-2)8-12-10-9(3)4/h10H,3,6-8H2,1-2,4-5H3/q+1. The summed E-state index contributed by atoms with van der Waals surface area (Å²) in [5.41, 5.74) is 3.60. The molecule has 0 spiro atoms. The average Bonchev–Trinajstić information content (AvgIpc) is 2.03. The van der Waals surface area contributed by atoms with Crippen LogP contribution in [0.25, 0.3) is 0 Å². The van der Waals surface area contributed by atoms with Crippen LogP contribution in [-0.2, 0) is 4.84 Å². The molecule has 0 aromatic heterocycles. The highest BCUT2D eigenvalue weighted by Gasteiger charge is 2.15. The molecule has 0 aliphatic carbocycles. The molecular weight excluding hydrogens is 152 g/mol. The molecule has 0 amide bonds. The number of hydrogen-bond donors (Lipinski definition) is 1. The molecule has 3 heteroatoms. The molecule has 0 rings (SSSR count). The molecule has 0 radical (unpaired) electrons. The molecule has 0 aliphatic heterocycles. The van der Waals surface area contributed by atoms with Gasteiger partial charge in [0.25, 0.3) is 0 Å². The molecule has 0 atom stereocenters. The van der Waals surface area contributed by atoms with Gasteiger partial charge in [-0.3, -0.25) is 5.48 Å². The van der Waals surface area contributed by atoms with E-state index in [0.717, 1.165) is 23.3 Å². The van der Waals surface area contributed by atoms with E-state index in [-0.39, 0.29) is 0 Å². The average molecular weight is 173 g/mol. The highest BCUT2D eigenvalue weighted by Crippen LogP contribution is 1.99. The van der Waals surface area contributed by atoms with E-state index < -0.39 is 0 Å². The number of quaternary nitrogens is 1. The predicted molar refractivity (Wildman–Crippen MR) is 51.2 cm³/mol. The van der Waals surface area contributed by atoms with E-state index >= 15 is 0 Å². The Morgan fingerprint density at radius 1 is 1.42 bits per heavy atom. The van der Waals surface area contributed by atoms with Crippen LogP contribution in [0.5, 0.6) is 0 Å². The van der Waals surface area contributed by atoms with E-state index in [1.807, 2.05) is 6.92 Å². The summed E-state index contributed by atoms with van der Waals surface area (Å²) in [6.45, 7) is 12.7. The summed E-state index contributed by atoms with van der Waals surface area (Å²) in [4.78, 5) is 5.26. The Balaban J connectivity index is 3.65. The van der Waals surface area contributed by atoms with Gasteiger partial charge in [-0.2, -0.15) is 0 Å². The monoisotopic (exact) mass is 173 g/mol. The van der Waals surface area contributed by atoms with Gasteiger partial charge in [0.15, 0.2) is 0 Å². The third-order valence-electron chi connectivity index (χ3n) is 2.15. The maximum atomic E-state index is 5.26. The van der Waals surface area contributed by atoms with Crippen LogP contribution in [0.2, 0.25) is 0 Å². The molecule has 0 aliphatic rings. The maximum absolute atomic E-state index is 5.26. The van der Waals surface area contributed by atoms with E-state index in [0.29, 0.717) is 6.73 Å². The lowest BCUT2D eigenvalue weighted by Gasteiger charge is -2.31. The third-order valence-corrected chi connectivity index (χ3v) is 2.15. The number of nitrogens with zero attached hydrogens (tertiary/aromatic N) is 1. The molecule has 1 N–H and O–H groups in total. The van der Waals surface area contributed by atoms with Crippen molar-refractivity contribution in [2.75, 3.05) is 26.9 Å². The molecule has 0 unspecified atom stereocenters. The normalized spacial score (nSPS) is 11.3. The van der Waals surface area contributed by atoms with E-state index in [1.165, 1.54) is 0 Å². The number of hydroxylamine groups is 1. The van der Waals surface area contributed by atoms with Crippen molar-refractivity contribution in [1.29, 1.82) is 0 Å². The Kier molecular flexibility index (Phi) is 4.93. The lowest BCUT2D eigenvalue weighted by atomic mass is 10.5. The molecule has 0 aromatic rings. The Labute approximate surface area is 75.6 Å². The van der Waals surface area contributed by atoms with Crippen LogP contribution in [0, 0.1) is 0 Å². The van der Waals surface area contributed by atoms with Crippen LogP contribution < -0.4 is 5.48 Å². The van der Waals surface area contributed by atoms with Crippen molar-refractivity contribution in [2.24, 2.45) is 0 Å². The summed E-state index contributed by atoms with van der Waals surface area (Å²) in [5.74, 6) is 0. The molecule has 12 heavy (non-hydrogen) atoms. The van der Waals surface area contributed by atoms with Crippen molar-refractivity contribution in [3.63, 3.8) is 0 Å². The van der Waals surface area contributed by atoms with Crippen LogP contribution >= 0.6 is 0 Å². The van der Waals surface area contributed by atoms with E-state index in [2.05, 4.69) is 33.0 Å². The zero-order valence-corrected chi connectivity index (χ0v) is 8.68. The predicted octanol–water partition coefficient (Wildman–Crippen LogP) is 1.49. The number of hydrogen-bond acceptors (Lipinski definition) is 2. The lowest BCUT2D eigenvalue weighted by molar-refractivity contribution is -0.926. The van der Waals surface area contributed by atoms with Gasteiger partial charge in [-0.25, -0.2) is 4.84 Å². The molecular formula is C9H21N2O+. The number of allylic oxidation sites excluding steroid dienone is 1. The smallest absolute Gasteiger partial charge is 0.207 e. The largest absolute Gasteiger partial charge is 0.302 e. The fourth-order valence-electron chi connectivity index (χ4n) is 0.717. The van der Waals surface area contributed by atoms with Gasteiger partial charge in [-0.05, 0) is 20.8 Å². The van der Waals surface area contributed by atoms with Gasteiger partial charge in [0.1, 0.15) is 0 Å². The Hall–Kier alpha value is -0.540. The highest BCUT2D eigenvalue weighted by molar-refractivity contribution is 4.78. The van der Waals surface area contributed by atoms with Crippen molar-refractivity contribution in [3.8, 4) is 0 Å². The number of rotatable bonds is 6. The van der Waals surface area contributed by atoms with Crippen LogP contribution in [0.1, 0.15) is 20.8 Å². The second kappa shape index (κ2) is 5.17. The molecule has 0 saturated carbocycles. The van der Waals surface area contributed by atoms with Crippen molar-refractivity contribution >= 4 is 0 Å². The maximum Gasteiger partial charge on any atom is 0.207 e. The first-order valence-electron chi connectivity index (χ1n) is 4.41. The van der Waals surface area contributed by atoms with Crippen LogP contribution in [0.15, 0.2) is 12.3 Å². The Morgan fingerprint density at radius 3 is 2.25 bits per heavy atom. The van der Waals surface area contributed by atoms with Crippen LogP contribution in [-0.4, -0.2) is 31.4 Å². The number of nitrogens with one attached hydrogen (secondary N) is 1. The zero-order valence-electron chi connectivity index (χ0n) is 8.68. The van der Waals surface area contributed by atoms with E-state index in [1.54, 1.807) is 0 Å². The van der Waals surface area contributed by atoms with E-state index in [4.69, 9.17) is 4.84 Å². The highest BCUT2D eigenvalue weighted by atomic mass is 16.7. The quantitative estimate of drug-likeness (QED) is 0.373. The van der Waals surface area contributed by atoms with Gasteiger partial charge in [-0.15, -0.1) is 0 Å². The Morgan fingerprint density at radius 2 is 1.92 bits per heavy atom. The molecule has 72 valence electrons. The molecule has 0 fully saturated rings. The zero-order chi connectivity index (χ0) is 9.61. The Bertz CT molecular complexity index is 141. The van der Waals surface area contributed by atoms with Gasteiger partial charge in [0.05, 0.1) is 20.1 Å². The summed E-state index contributed by atoms with van der Waals surface area (Å²) in [7, 11) is 2.17. The first-order chi connectivity index (χ1) is 5.54. The molecule has 0 saturated heterocycles. The summed E-state index contributed by atoms with van der Waals surface area (Å²) < 4.78 is 0.917. The summed E-state index contributed by atoms with van der Waals surface area (Å²) in [5, 5.41) is 0. The van der Waals surface area contributed by atoms with Gasteiger partial charge in [0.2, 0.25) is 6.73 Å². The van der Waals surface area contributed by atoms with Gasteiger partial charge >= 0.3 is 0 Å². The van der Waals surface area contributed by atoms with Crippen molar-refractivity contribution < 1.29 is 9.32 Å². The van der Waals surface area contributed by atoms with Crippen LogP contribution in [0.3, 0.4) is 0 Å². The van der Waals surface area contributed by atoms with Gasteiger partial charge < -0.3 is 4.48 Å². The lowest BCUT2D eigenvalue weighted by Crippen LogP contribution is -2.46. The minimum absolute atomic E-state index is 0.680. The summed E-state index contributed by atoms with van der Waals surface area (Å²) in [6.07, 6.45) is 0. The van der Waals surface area contributed by atoms with Crippen molar-refractivity contribution in [1.82, 2.24) is 5.48 Å². The molecule has 0 bridgehead atoms. The summed E-state index contributed by atoms with van der Waals surface area (Å²) in [6, 6.07) is 0. The molecule has 0 heterocycles. The first-order valence-corrected chi connectivity index (χ1v) is 4.41. The minimum atomic E-state index is 0.680. The fourth-order valence-corrected chi connectivity index (χ4v) is 0.717. The van der Waals surface area contributed by atoms with E-state index in [9.17, 15) is 0 Å². The summed E-state index contributed by atoms with van der Waals surface area (Å²) >= 11 is 0. The fraction of sp³-hybridized carbons (Fsp3) is 0.778. The van der Waals surface area contributed by atoms with Gasteiger partial charge in [0, 0.05) is 5.70 Å². The second-order valence-corrected chi connectivity index (χ2v) is 3.41.